The van der Waals surface area contributed by atoms with Crippen LogP contribution in [0.15, 0.2) is 30.6 Å². The van der Waals surface area contributed by atoms with Crippen LogP contribution in [0.3, 0.4) is 0 Å². The maximum Gasteiger partial charge on any atom is 0.308 e. The molecule has 0 spiro atoms. The normalized spacial score (nSPS) is 19.7. The molecule has 0 bridgehead atoms. The molecule has 176 valence electrons. The summed E-state index contributed by atoms with van der Waals surface area (Å²) in [6, 6.07) is 5.30. The number of nitrogens with zero attached hydrogens (tertiary/aromatic N) is 5. The van der Waals surface area contributed by atoms with Crippen molar-refractivity contribution in [2.75, 3.05) is 43.6 Å². The van der Waals surface area contributed by atoms with E-state index < -0.39 is 10.1 Å². The van der Waals surface area contributed by atoms with Gasteiger partial charge in [0.1, 0.15) is 17.0 Å². The van der Waals surface area contributed by atoms with Crippen LogP contribution in [0.1, 0.15) is 32.4 Å². The molecule has 1 atom stereocenters. The minimum absolute atomic E-state index is 0.132. The predicted molar refractivity (Wildman–Crippen MR) is 123 cm³/mol. The Hall–Kier alpha value is -2.76. The molecule has 3 aromatic rings. The fraction of sp³-hybridized carbons (Fsp3) is 0.500. The molecule has 11 heteroatoms. The van der Waals surface area contributed by atoms with Crippen molar-refractivity contribution in [3.05, 3.63) is 30.6 Å². The summed E-state index contributed by atoms with van der Waals surface area (Å²) >= 11 is 0. The van der Waals surface area contributed by atoms with Gasteiger partial charge in [0.05, 0.1) is 24.7 Å². The van der Waals surface area contributed by atoms with Crippen LogP contribution in [0.4, 0.5) is 5.82 Å². The van der Waals surface area contributed by atoms with E-state index in [9.17, 15) is 8.42 Å². The lowest BCUT2D eigenvalue weighted by Crippen LogP contribution is -2.36. The zero-order chi connectivity index (χ0) is 22.8. The highest BCUT2D eigenvalue weighted by Crippen LogP contribution is 2.36. The first-order valence-corrected chi connectivity index (χ1v) is 12.8. The quantitative estimate of drug-likeness (QED) is 0.499. The third kappa shape index (κ3) is 4.53. The molecule has 2 fully saturated rings. The highest BCUT2D eigenvalue weighted by atomic mass is 32.2. The van der Waals surface area contributed by atoms with Crippen LogP contribution in [-0.2, 0) is 19.6 Å². The fourth-order valence-electron chi connectivity index (χ4n) is 4.16. The van der Waals surface area contributed by atoms with Crippen LogP contribution in [0, 0.1) is 0 Å². The van der Waals surface area contributed by atoms with Crippen LogP contribution in [-0.4, -0.2) is 66.8 Å². The van der Waals surface area contributed by atoms with Gasteiger partial charge < -0.3 is 18.6 Å². The Morgan fingerprint density at radius 2 is 2.00 bits per heavy atom. The Morgan fingerprint density at radius 1 is 1.15 bits per heavy atom. The minimum Gasteiger partial charge on any atom is -0.382 e. The number of rotatable bonds is 6. The van der Waals surface area contributed by atoms with Gasteiger partial charge >= 0.3 is 10.1 Å². The second kappa shape index (κ2) is 9.24. The average Bonchev–Trinajstić information content (AvgIpc) is 3.34. The van der Waals surface area contributed by atoms with E-state index in [0.29, 0.717) is 55.3 Å². The van der Waals surface area contributed by atoms with Gasteiger partial charge in [0.2, 0.25) is 0 Å². The Kier molecular flexibility index (Phi) is 6.17. The summed E-state index contributed by atoms with van der Waals surface area (Å²) in [5.74, 6) is 0.737. The predicted octanol–water partition coefficient (Wildman–Crippen LogP) is 2.76. The SMILES string of the molecule is CCS(=O)(=O)Oc1cc(N2CCOCC2)nc2c(-c3ccnn3C3CCCCO3)nccc12. The summed E-state index contributed by atoms with van der Waals surface area (Å²) in [7, 11) is -3.73. The molecule has 2 saturated heterocycles. The largest absolute Gasteiger partial charge is 0.382 e. The van der Waals surface area contributed by atoms with Crippen molar-refractivity contribution in [1.29, 1.82) is 0 Å². The number of hydrogen-bond donors (Lipinski definition) is 0. The van der Waals surface area contributed by atoms with E-state index in [2.05, 4.69) is 15.0 Å². The molecule has 2 aliphatic heterocycles. The molecule has 5 rings (SSSR count). The zero-order valence-electron chi connectivity index (χ0n) is 18.5. The first-order chi connectivity index (χ1) is 16.1. The van der Waals surface area contributed by atoms with Crippen LogP contribution >= 0.6 is 0 Å². The molecule has 0 aromatic carbocycles. The summed E-state index contributed by atoms with van der Waals surface area (Å²) < 4.78 is 43.5. The maximum atomic E-state index is 12.4. The van der Waals surface area contributed by atoms with Gasteiger partial charge in [-0.2, -0.15) is 13.5 Å². The van der Waals surface area contributed by atoms with Gasteiger partial charge in [-0.1, -0.05) is 0 Å². The van der Waals surface area contributed by atoms with E-state index in [-0.39, 0.29) is 17.7 Å². The van der Waals surface area contributed by atoms with E-state index in [1.807, 2.05) is 10.7 Å². The van der Waals surface area contributed by atoms with Crippen molar-refractivity contribution in [1.82, 2.24) is 19.7 Å². The molecular formula is C22H27N5O5S. The number of morpholine rings is 1. The summed E-state index contributed by atoms with van der Waals surface area (Å²) in [6.45, 7) is 4.71. The molecule has 33 heavy (non-hydrogen) atoms. The third-order valence-electron chi connectivity index (χ3n) is 5.92. The Morgan fingerprint density at radius 3 is 2.76 bits per heavy atom. The van der Waals surface area contributed by atoms with Gasteiger partial charge in [-0.05, 0) is 38.3 Å². The highest BCUT2D eigenvalue weighted by Gasteiger charge is 2.24. The smallest absolute Gasteiger partial charge is 0.308 e. The maximum absolute atomic E-state index is 12.4. The van der Waals surface area contributed by atoms with Gasteiger partial charge in [-0.15, -0.1) is 0 Å². The van der Waals surface area contributed by atoms with E-state index in [4.69, 9.17) is 18.6 Å². The molecule has 5 heterocycles. The molecule has 3 aromatic heterocycles. The van der Waals surface area contributed by atoms with Gasteiger partial charge in [-0.25, -0.2) is 9.67 Å². The van der Waals surface area contributed by atoms with Crippen molar-refractivity contribution in [3.63, 3.8) is 0 Å². The number of pyridine rings is 2. The number of fused-ring (bicyclic) bond motifs is 1. The highest BCUT2D eigenvalue weighted by molar-refractivity contribution is 7.87. The molecule has 0 radical (unpaired) electrons. The molecule has 0 saturated carbocycles. The lowest BCUT2D eigenvalue weighted by atomic mass is 10.1. The van der Waals surface area contributed by atoms with E-state index in [0.717, 1.165) is 25.0 Å². The number of ether oxygens (including phenoxy) is 2. The minimum atomic E-state index is -3.73. The topological polar surface area (TPSA) is 109 Å². The molecule has 0 aliphatic carbocycles. The molecule has 10 nitrogen and oxygen atoms in total. The van der Waals surface area contributed by atoms with E-state index in [1.165, 1.54) is 0 Å². The summed E-state index contributed by atoms with van der Waals surface area (Å²) in [4.78, 5) is 11.6. The van der Waals surface area contributed by atoms with Gasteiger partial charge in [0.25, 0.3) is 0 Å². The standard InChI is InChI=1S/C22H27N5O5S/c1-2-33(28,29)32-18-15-19(26-10-13-30-14-11-26)25-21-16(18)6-8-23-22(21)17-7-9-24-27(17)20-5-3-4-12-31-20/h6-9,15,20H,2-5,10-14H2,1H3. The summed E-state index contributed by atoms with van der Waals surface area (Å²) in [5.41, 5.74) is 1.93. The monoisotopic (exact) mass is 473 g/mol. The molecule has 0 N–H and O–H groups in total. The second-order valence-corrected chi connectivity index (χ2v) is 9.91. The van der Waals surface area contributed by atoms with Crippen LogP contribution in [0.25, 0.3) is 22.3 Å². The number of hydrogen-bond acceptors (Lipinski definition) is 9. The van der Waals surface area contributed by atoms with Crippen molar-refractivity contribution in [3.8, 4) is 17.1 Å². The summed E-state index contributed by atoms with van der Waals surface area (Å²) in [6.07, 6.45) is 6.17. The number of anilines is 1. The Labute approximate surface area is 192 Å². The van der Waals surface area contributed by atoms with Crippen LogP contribution in [0.5, 0.6) is 5.75 Å². The molecular weight excluding hydrogens is 446 g/mol. The number of aromatic nitrogens is 4. The third-order valence-corrected chi connectivity index (χ3v) is 7.06. The second-order valence-electron chi connectivity index (χ2n) is 8.05. The molecule has 2 aliphatic rings. The van der Waals surface area contributed by atoms with E-state index in [1.54, 1.807) is 31.5 Å². The van der Waals surface area contributed by atoms with Crippen molar-refractivity contribution < 1.29 is 22.1 Å². The Balaban J connectivity index is 1.67. The van der Waals surface area contributed by atoms with Gasteiger partial charge in [-0.3, -0.25) is 4.98 Å². The zero-order valence-corrected chi connectivity index (χ0v) is 19.3. The fourth-order valence-corrected chi connectivity index (χ4v) is 4.69. The first-order valence-electron chi connectivity index (χ1n) is 11.3. The molecule has 0 amide bonds. The lowest BCUT2D eigenvalue weighted by Gasteiger charge is -2.28. The van der Waals surface area contributed by atoms with Crippen molar-refractivity contribution in [2.24, 2.45) is 0 Å². The van der Waals surface area contributed by atoms with Crippen molar-refractivity contribution >= 4 is 26.8 Å². The first kappa shape index (κ1) is 22.1. The van der Waals surface area contributed by atoms with Gasteiger partial charge in [0.15, 0.2) is 12.0 Å². The van der Waals surface area contributed by atoms with Gasteiger partial charge in [0, 0.05) is 43.5 Å². The van der Waals surface area contributed by atoms with Crippen LogP contribution < -0.4 is 9.08 Å². The van der Waals surface area contributed by atoms with E-state index >= 15 is 0 Å². The van der Waals surface area contributed by atoms with Crippen LogP contribution in [0.2, 0.25) is 0 Å². The summed E-state index contributed by atoms with van der Waals surface area (Å²) in [5, 5.41) is 5.08. The average molecular weight is 474 g/mol. The molecule has 1 unspecified atom stereocenters. The van der Waals surface area contributed by atoms with Crippen molar-refractivity contribution in [2.45, 2.75) is 32.4 Å². The lowest BCUT2D eigenvalue weighted by molar-refractivity contribution is -0.0383. The Bertz CT molecular complexity index is 1230.